The molecule has 0 radical (unpaired) electrons. The molecule has 156 valence electrons. The summed E-state index contributed by atoms with van der Waals surface area (Å²) in [6, 6.07) is 22.3. The molecule has 0 aliphatic carbocycles. The third kappa shape index (κ3) is 4.19. The lowest BCUT2D eigenvalue weighted by Crippen LogP contribution is -2.14. The second-order valence-corrected chi connectivity index (χ2v) is 7.61. The lowest BCUT2D eigenvalue weighted by molar-refractivity contribution is -0.115. The van der Waals surface area contributed by atoms with Crippen molar-refractivity contribution in [3.8, 4) is 22.6 Å². The molecule has 3 heterocycles. The molecule has 1 amide bonds. The Morgan fingerprint density at radius 1 is 0.844 bits per heavy atom. The zero-order chi connectivity index (χ0) is 21.9. The number of hydrogen-bond donors (Lipinski definition) is 1. The van der Waals surface area contributed by atoms with Crippen molar-refractivity contribution in [3.63, 3.8) is 0 Å². The number of carbonyl (C=O) groups is 1. The highest BCUT2D eigenvalue weighted by Gasteiger charge is 2.11. The number of hydrogen-bond acceptors (Lipinski definition) is 5. The molecule has 0 spiro atoms. The summed E-state index contributed by atoms with van der Waals surface area (Å²) in [6.45, 7) is 0. The van der Waals surface area contributed by atoms with Crippen LogP contribution in [-0.4, -0.2) is 30.7 Å². The number of halogens is 1. The molecule has 5 rings (SSSR count). The van der Waals surface area contributed by atoms with Crippen molar-refractivity contribution >= 4 is 28.8 Å². The van der Waals surface area contributed by atoms with Crippen LogP contribution in [0.4, 0.5) is 5.69 Å². The van der Waals surface area contributed by atoms with Crippen LogP contribution < -0.4 is 5.32 Å². The molecule has 0 aliphatic heterocycles. The van der Waals surface area contributed by atoms with E-state index in [2.05, 4.69) is 20.5 Å². The van der Waals surface area contributed by atoms with Gasteiger partial charge in [-0.05, 0) is 54.1 Å². The van der Waals surface area contributed by atoms with E-state index in [1.54, 1.807) is 29.0 Å². The molecule has 32 heavy (non-hydrogen) atoms. The molecule has 0 atom stereocenters. The van der Waals surface area contributed by atoms with Gasteiger partial charge in [0.25, 0.3) is 0 Å². The first-order valence-corrected chi connectivity index (χ1v) is 10.3. The predicted octanol–water partition coefficient (Wildman–Crippen LogP) is 4.69. The van der Waals surface area contributed by atoms with Crippen molar-refractivity contribution in [2.45, 2.75) is 6.42 Å². The molecule has 3 aromatic heterocycles. The number of carbonyl (C=O) groups excluding carboxylic acids is 1. The quantitative estimate of drug-likeness (QED) is 0.428. The molecule has 5 aromatic rings. The van der Waals surface area contributed by atoms with Gasteiger partial charge in [-0.2, -0.15) is 9.61 Å². The molecule has 1 N–H and O–H groups in total. The molecular formula is C24H17ClN6O. The molecule has 0 saturated heterocycles. The Bertz CT molecular complexity index is 1380. The SMILES string of the molecule is O=C(Cc1ccc(Cl)cc1)Nc1ccc(-c2ccc3nnc(-c4ccncc4)n3n2)cc1. The van der Waals surface area contributed by atoms with Crippen molar-refractivity contribution in [2.75, 3.05) is 5.32 Å². The summed E-state index contributed by atoms with van der Waals surface area (Å²) >= 11 is 5.89. The van der Waals surface area contributed by atoms with Gasteiger partial charge in [0, 0.05) is 34.2 Å². The topological polar surface area (TPSA) is 85.1 Å². The number of anilines is 1. The number of fused-ring (bicyclic) bond motifs is 1. The summed E-state index contributed by atoms with van der Waals surface area (Å²) in [5, 5.41) is 16.7. The maximum Gasteiger partial charge on any atom is 0.228 e. The average Bonchev–Trinajstić information content (AvgIpc) is 3.25. The van der Waals surface area contributed by atoms with Crippen molar-refractivity contribution in [1.29, 1.82) is 0 Å². The fourth-order valence-electron chi connectivity index (χ4n) is 3.34. The maximum atomic E-state index is 12.3. The fourth-order valence-corrected chi connectivity index (χ4v) is 3.47. The Morgan fingerprint density at radius 3 is 2.34 bits per heavy atom. The van der Waals surface area contributed by atoms with E-state index in [0.29, 0.717) is 16.5 Å². The Balaban J connectivity index is 1.34. The third-order valence-electron chi connectivity index (χ3n) is 4.94. The van der Waals surface area contributed by atoms with Crippen LogP contribution in [0.25, 0.3) is 28.3 Å². The van der Waals surface area contributed by atoms with Gasteiger partial charge in [0.2, 0.25) is 5.91 Å². The van der Waals surface area contributed by atoms with Crippen LogP contribution in [0.5, 0.6) is 0 Å². The van der Waals surface area contributed by atoms with Gasteiger partial charge in [0.15, 0.2) is 11.5 Å². The van der Waals surface area contributed by atoms with Crippen LogP contribution in [-0.2, 0) is 11.2 Å². The highest BCUT2D eigenvalue weighted by molar-refractivity contribution is 6.30. The zero-order valence-electron chi connectivity index (χ0n) is 16.8. The van der Waals surface area contributed by atoms with E-state index in [0.717, 1.165) is 28.1 Å². The lowest BCUT2D eigenvalue weighted by Gasteiger charge is -2.07. The van der Waals surface area contributed by atoms with Crippen LogP contribution in [0.3, 0.4) is 0 Å². The number of rotatable bonds is 5. The summed E-state index contributed by atoms with van der Waals surface area (Å²) in [4.78, 5) is 16.4. The van der Waals surface area contributed by atoms with Crippen molar-refractivity contribution < 1.29 is 4.79 Å². The number of nitrogens with one attached hydrogen (secondary N) is 1. The van der Waals surface area contributed by atoms with E-state index in [-0.39, 0.29) is 12.3 Å². The minimum atomic E-state index is -0.0916. The van der Waals surface area contributed by atoms with Crippen LogP contribution in [0.2, 0.25) is 5.02 Å². The molecule has 2 aromatic carbocycles. The van der Waals surface area contributed by atoms with E-state index in [1.165, 1.54) is 0 Å². The predicted molar refractivity (Wildman–Crippen MR) is 123 cm³/mol. The van der Waals surface area contributed by atoms with Gasteiger partial charge in [-0.1, -0.05) is 35.9 Å². The maximum absolute atomic E-state index is 12.3. The zero-order valence-corrected chi connectivity index (χ0v) is 17.6. The Hall–Kier alpha value is -4.10. The standard InChI is InChI=1S/C24H17ClN6O/c25-19-5-1-16(2-6-19)15-23(32)27-20-7-3-17(4-8-20)21-9-10-22-28-29-24(31(22)30-21)18-11-13-26-14-12-18/h1-14H,15H2,(H,27,32). The first-order valence-electron chi connectivity index (χ1n) is 9.93. The molecule has 0 fully saturated rings. The molecule has 8 heteroatoms. The van der Waals surface area contributed by atoms with Gasteiger partial charge < -0.3 is 5.32 Å². The van der Waals surface area contributed by atoms with E-state index in [4.69, 9.17) is 16.7 Å². The normalized spacial score (nSPS) is 10.9. The number of amides is 1. The minimum absolute atomic E-state index is 0.0916. The second-order valence-electron chi connectivity index (χ2n) is 7.18. The van der Waals surface area contributed by atoms with Crippen LogP contribution in [0.1, 0.15) is 5.56 Å². The molecule has 0 saturated carbocycles. The van der Waals surface area contributed by atoms with Crippen LogP contribution in [0.15, 0.2) is 85.2 Å². The van der Waals surface area contributed by atoms with E-state index >= 15 is 0 Å². The summed E-state index contributed by atoms with van der Waals surface area (Å²) in [5.41, 5.74) is 4.85. The Kier molecular flexibility index (Phi) is 5.31. The number of aromatic nitrogens is 5. The fraction of sp³-hybridized carbons (Fsp3) is 0.0417. The number of pyridine rings is 1. The van der Waals surface area contributed by atoms with Gasteiger partial charge in [0.05, 0.1) is 12.1 Å². The van der Waals surface area contributed by atoms with Crippen LogP contribution >= 0.6 is 11.6 Å². The monoisotopic (exact) mass is 440 g/mol. The van der Waals surface area contributed by atoms with Gasteiger partial charge in [-0.3, -0.25) is 9.78 Å². The third-order valence-corrected chi connectivity index (χ3v) is 5.20. The highest BCUT2D eigenvalue weighted by Crippen LogP contribution is 2.22. The summed E-state index contributed by atoms with van der Waals surface area (Å²) in [7, 11) is 0. The smallest absolute Gasteiger partial charge is 0.228 e. The first kappa shape index (κ1) is 19.8. The van der Waals surface area contributed by atoms with Crippen molar-refractivity contribution in [1.82, 2.24) is 24.8 Å². The number of nitrogens with zero attached hydrogens (tertiary/aromatic N) is 5. The molecule has 7 nitrogen and oxygen atoms in total. The van der Waals surface area contributed by atoms with E-state index in [9.17, 15) is 4.79 Å². The molecule has 0 unspecified atom stereocenters. The summed E-state index contributed by atoms with van der Waals surface area (Å²) < 4.78 is 1.71. The van der Waals surface area contributed by atoms with E-state index in [1.807, 2.05) is 60.7 Å². The Morgan fingerprint density at radius 2 is 1.59 bits per heavy atom. The van der Waals surface area contributed by atoms with Gasteiger partial charge >= 0.3 is 0 Å². The molecular weight excluding hydrogens is 424 g/mol. The second kappa shape index (κ2) is 8.56. The van der Waals surface area contributed by atoms with Gasteiger partial charge in [-0.25, -0.2) is 0 Å². The minimum Gasteiger partial charge on any atom is -0.326 e. The molecule has 0 bridgehead atoms. The first-order chi connectivity index (χ1) is 15.7. The van der Waals surface area contributed by atoms with E-state index < -0.39 is 0 Å². The Labute approximate surface area is 188 Å². The van der Waals surface area contributed by atoms with Crippen LogP contribution in [0, 0.1) is 0 Å². The average molecular weight is 441 g/mol. The lowest BCUT2D eigenvalue weighted by atomic mass is 10.1. The highest BCUT2D eigenvalue weighted by atomic mass is 35.5. The summed E-state index contributed by atoms with van der Waals surface area (Å²) in [5.74, 6) is 0.557. The van der Waals surface area contributed by atoms with Crippen molar-refractivity contribution in [2.24, 2.45) is 0 Å². The van der Waals surface area contributed by atoms with Gasteiger partial charge in [0.1, 0.15) is 0 Å². The van der Waals surface area contributed by atoms with Gasteiger partial charge in [-0.15, -0.1) is 10.2 Å². The number of benzene rings is 2. The largest absolute Gasteiger partial charge is 0.326 e. The molecule has 0 aliphatic rings. The summed E-state index contributed by atoms with van der Waals surface area (Å²) in [6.07, 6.45) is 3.70. The van der Waals surface area contributed by atoms with Crippen molar-refractivity contribution in [3.05, 3.63) is 95.8 Å².